The quantitative estimate of drug-likeness (QED) is 0.524. The first-order valence-corrected chi connectivity index (χ1v) is 9.14. The van der Waals surface area contributed by atoms with E-state index in [0.717, 1.165) is 16.8 Å². The molecule has 0 aliphatic heterocycles. The van der Waals surface area contributed by atoms with Crippen LogP contribution in [0.4, 0.5) is 0 Å². The lowest BCUT2D eigenvalue weighted by Gasteiger charge is -2.12. The van der Waals surface area contributed by atoms with E-state index < -0.39 is 0 Å². The smallest absolute Gasteiger partial charge is 0.339 e. The Hall–Kier alpha value is -3.68. The molecule has 3 heterocycles. The monoisotopic (exact) mass is 392 g/mol. The summed E-state index contributed by atoms with van der Waals surface area (Å²) in [6.45, 7) is 5.55. The van der Waals surface area contributed by atoms with Crippen LogP contribution in [0.25, 0.3) is 16.6 Å². The van der Waals surface area contributed by atoms with Crippen molar-refractivity contribution in [1.29, 1.82) is 0 Å². The normalized spacial score (nSPS) is 11.1. The summed E-state index contributed by atoms with van der Waals surface area (Å²) in [4.78, 5) is 32.6. The maximum absolute atomic E-state index is 12.3. The van der Waals surface area contributed by atoms with Crippen molar-refractivity contribution in [1.82, 2.24) is 19.7 Å². The number of benzene rings is 1. The van der Waals surface area contributed by atoms with Crippen LogP contribution < -0.4 is 15.7 Å². The van der Waals surface area contributed by atoms with Gasteiger partial charge in [0.05, 0.1) is 23.8 Å². The Labute approximate surface area is 166 Å². The van der Waals surface area contributed by atoms with Crippen LogP contribution in [0.5, 0.6) is 5.75 Å². The lowest BCUT2D eigenvalue weighted by Crippen LogP contribution is -2.28. The Kier molecular flexibility index (Phi) is 4.75. The fourth-order valence-corrected chi connectivity index (χ4v) is 3.17. The summed E-state index contributed by atoms with van der Waals surface area (Å²) < 4.78 is 13.0. The first kappa shape index (κ1) is 18.7. The minimum Gasteiger partial charge on any atom is -0.483 e. The summed E-state index contributed by atoms with van der Waals surface area (Å²) in [6.07, 6.45) is 6.95. The molecule has 148 valence electrons. The van der Waals surface area contributed by atoms with E-state index in [1.807, 2.05) is 30.5 Å². The molecule has 0 radical (unpaired) electrons. The molecule has 0 saturated carbocycles. The SMILES string of the molecule is Cc1cc(OCC(=O)NCc2cn3ccncc3n2)c2c(C)c(C)c(=O)oc2c1. The van der Waals surface area contributed by atoms with Crippen LogP contribution in [0, 0.1) is 20.8 Å². The minimum atomic E-state index is -0.369. The Morgan fingerprint density at radius 1 is 1.24 bits per heavy atom. The van der Waals surface area contributed by atoms with Crippen molar-refractivity contribution in [3.05, 3.63) is 69.7 Å². The predicted molar refractivity (Wildman–Crippen MR) is 107 cm³/mol. The van der Waals surface area contributed by atoms with Crippen LogP contribution in [0.3, 0.4) is 0 Å². The van der Waals surface area contributed by atoms with Gasteiger partial charge < -0.3 is 18.9 Å². The minimum absolute atomic E-state index is 0.162. The Morgan fingerprint density at radius 3 is 2.86 bits per heavy atom. The van der Waals surface area contributed by atoms with E-state index in [1.54, 1.807) is 31.6 Å². The van der Waals surface area contributed by atoms with Crippen molar-refractivity contribution in [2.24, 2.45) is 0 Å². The lowest BCUT2D eigenvalue weighted by atomic mass is 10.0. The summed E-state index contributed by atoms with van der Waals surface area (Å²) in [7, 11) is 0. The number of nitrogens with zero attached hydrogens (tertiary/aromatic N) is 3. The molecule has 1 N–H and O–H groups in total. The maximum Gasteiger partial charge on any atom is 0.339 e. The third kappa shape index (κ3) is 3.69. The second kappa shape index (κ2) is 7.38. The van der Waals surface area contributed by atoms with Gasteiger partial charge in [0.25, 0.3) is 5.91 Å². The number of hydrogen-bond donors (Lipinski definition) is 1. The molecule has 0 atom stereocenters. The highest BCUT2D eigenvalue weighted by Gasteiger charge is 2.14. The largest absolute Gasteiger partial charge is 0.483 e. The molecule has 4 aromatic rings. The van der Waals surface area contributed by atoms with Crippen molar-refractivity contribution < 1.29 is 13.9 Å². The highest BCUT2D eigenvalue weighted by Crippen LogP contribution is 2.30. The first-order valence-electron chi connectivity index (χ1n) is 9.14. The number of hydrogen-bond acceptors (Lipinski definition) is 6. The molecular weight excluding hydrogens is 372 g/mol. The molecule has 1 amide bonds. The lowest BCUT2D eigenvalue weighted by molar-refractivity contribution is -0.123. The number of carbonyl (C=O) groups excluding carboxylic acids is 1. The molecular formula is C21H20N4O4. The van der Waals surface area contributed by atoms with E-state index in [0.29, 0.717) is 27.9 Å². The third-order valence-corrected chi connectivity index (χ3v) is 4.80. The molecule has 0 unspecified atom stereocenters. The molecule has 4 rings (SSSR count). The van der Waals surface area contributed by atoms with Crippen LogP contribution in [0.1, 0.15) is 22.4 Å². The highest BCUT2D eigenvalue weighted by molar-refractivity contribution is 5.88. The van der Waals surface area contributed by atoms with Gasteiger partial charge in [0.15, 0.2) is 12.3 Å². The molecule has 8 nitrogen and oxygen atoms in total. The fraction of sp³-hybridized carbons (Fsp3) is 0.238. The van der Waals surface area contributed by atoms with Crippen molar-refractivity contribution >= 4 is 22.5 Å². The Morgan fingerprint density at radius 2 is 2.07 bits per heavy atom. The molecule has 0 fully saturated rings. The number of fused-ring (bicyclic) bond motifs is 2. The first-order chi connectivity index (χ1) is 13.9. The van der Waals surface area contributed by atoms with Gasteiger partial charge in [-0.3, -0.25) is 9.78 Å². The molecule has 0 aliphatic carbocycles. The molecule has 0 bridgehead atoms. The number of amides is 1. The van der Waals surface area contributed by atoms with Crippen LogP contribution in [0.15, 0.2) is 46.1 Å². The number of rotatable bonds is 5. The summed E-state index contributed by atoms with van der Waals surface area (Å²) in [5, 5.41) is 3.50. The average Bonchev–Trinajstić information content (AvgIpc) is 3.11. The van der Waals surface area contributed by atoms with Gasteiger partial charge in [0, 0.05) is 24.2 Å². The molecule has 0 aliphatic rings. The summed E-state index contributed by atoms with van der Waals surface area (Å²) in [5.74, 6) is 0.236. The average molecular weight is 392 g/mol. The van der Waals surface area contributed by atoms with Gasteiger partial charge in [0.2, 0.25) is 0 Å². The number of ether oxygens (including phenoxy) is 1. The van der Waals surface area contributed by atoms with Gasteiger partial charge in [0.1, 0.15) is 11.3 Å². The Bertz CT molecular complexity index is 1260. The van der Waals surface area contributed by atoms with E-state index in [-0.39, 0.29) is 24.7 Å². The standard InChI is InChI=1S/C21H20N4O4/c1-12-6-16(20-13(2)14(3)21(27)29-17(20)7-12)28-11-19(26)23-8-15-10-25-5-4-22-9-18(25)24-15/h4-7,9-10H,8,11H2,1-3H3,(H,23,26). The van der Waals surface area contributed by atoms with Gasteiger partial charge in [-0.05, 0) is 44.0 Å². The highest BCUT2D eigenvalue weighted by atomic mass is 16.5. The fourth-order valence-electron chi connectivity index (χ4n) is 3.17. The van der Waals surface area contributed by atoms with E-state index in [9.17, 15) is 9.59 Å². The van der Waals surface area contributed by atoms with Crippen LogP contribution in [-0.2, 0) is 11.3 Å². The zero-order valence-corrected chi connectivity index (χ0v) is 16.4. The zero-order valence-electron chi connectivity index (χ0n) is 16.4. The summed E-state index contributed by atoms with van der Waals surface area (Å²) in [5.41, 5.74) is 3.70. The van der Waals surface area contributed by atoms with Crippen molar-refractivity contribution in [2.45, 2.75) is 27.3 Å². The molecule has 0 spiro atoms. The van der Waals surface area contributed by atoms with Crippen molar-refractivity contribution in [2.75, 3.05) is 6.61 Å². The number of carbonyl (C=O) groups is 1. The van der Waals surface area contributed by atoms with Gasteiger partial charge in [-0.2, -0.15) is 0 Å². The molecule has 1 aromatic carbocycles. The molecule has 3 aromatic heterocycles. The zero-order chi connectivity index (χ0) is 20.5. The molecule has 29 heavy (non-hydrogen) atoms. The van der Waals surface area contributed by atoms with Gasteiger partial charge in [-0.25, -0.2) is 9.78 Å². The van der Waals surface area contributed by atoms with E-state index >= 15 is 0 Å². The number of imidazole rings is 1. The van der Waals surface area contributed by atoms with Crippen LogP contribution in [-0.4, -0.2) is 26.9 Å². The third-order valence-electron chi connectivity index (χ3n) is 4.80. The molecule has 0 saturated heterocycles. The van der Waals surface area contributed by atoms with Crippen LogP contribution >= 0.6 is 0 Å². The van der Waals surface area contributed by atoms with E-state index in [2.05, 4.69) is 15.3 Å². The van der Waals surface area contributed by atoms with Crippen molar-refractivity contribution in [3.63, 3.8) is 0 Å². The number of aryl methyl sites for hydroxylation is 2. The second-order valence-electron chi connectivity index (χ2n) is 6.92. The Balaban J connectivity index is 1.48. The summed E-state index contributed by atoms with van der Waals surface area (Å²) >= 11 is 0. The maximum atomic E-state index is 12.3. The van der Waals surface area contributed by atoms with E-state index in [1.165, 1.54) is 0 Å². The van der Waals surface area contributed by atoms with Gasteiger partial charge >= 0.3 is 5.63 Å². The van der Waals surface area contributed by atoms with Crippen LogP contribution in [0.2, 0.25) is 0 Å². The molecule has 8 heteroatoms. The van der Waals surface area contributed by atoms with Crippen molar-refractivity contribution in [3.8, 4) is 5.75 Å². The summed E-state index contributed by atoms with van der Waals surface area (Å²) in [6, 6.07) is 3.62. The number of aromatic nitrogens is 3. The van der Waals surface area contributed by atoms with E-state index in [4.69, 9.17) is 9.15 Å². The van der Waals surface area contributed by atoms with Gasteiger partial charge in [-0.15, -0.1) is 0 Å². The topological polar surface area (TPSA) is 98.7 Å². The van der Waals surface area contributed by atoms with Gasteiger partial charge in [-0.1, -0.05) is 0 Å². The number of nitrogens with one attached hydrogen (secondary N) is 1. The predicted octanol–water partition coefficient (Wildman–Crippen LogP) is 2.46. The second-order valence-corrected chi connectivity index (χ2v) is 6.92.